The third kappa shape index (κ3) is 1.93. The molecule has 0 saturated heterocycles. The molecule has 0 spiro atoms. The first-order valence-corrected chi connectivity index (χ1v) is 5.32. The third-order valence-electron chi connectivity index (χ3n) is 2.97. The number of benzene rings is 1. The molecule has 0 saturated carbocycles. The highest BCUT2D eigenvalue weighted by atomic mass is 16.6. The summed E-state index contributed by atoms with van der Waals surface area (Å²) in [6.07, 6.45) is 0. The Bertz CT molecular complexity index is 443. The lowest BCUT2D eigenvalue weighted by Gasteiger charge is -2.25. The smallest absolute Gasteiger partial charge is 0.316 e. The van der Waals surface area contributed by atoms with Crippen LogP contribution in [0.1, 0.15) is 12.5 Å². The Balaban J connectivity index is 2.42. The van der Waals surface area contributed by atoms with Crippen molar-refractivity contribution in [3.05, 3.63) is 23.8 Å². The van der Waals surface area contributed by atoms with Crippen LogP contribution in [-0.2, 0) is 10.2 Å². The molecule has 1 aliphatic heterocycles. The number of hydrogen-bond acceptors (Lipinski definition) is 4. The number of fused-ring (bicyclic) bond motifs is 1. The van der Waals surface area contributed by atoms with Gasteiger partial charge in [-0.1, -0.05) is 6.07 Å². The van der Waals surface area contributed by atoms with E-state index in [1.54, 1.807) is 18.2 Å². The average Bonchev–Trinajstić information content (AvgIpc) is 2.37. The van der Waals surface area contributed by atoms with E-state index in [0.717, 1.165) is 0 Å². The van der Waals surface area contributed by atoms with Gasteiger partial charge in [0, 0.05) is 0 Å². The van der Waals surface area contributed by atoms with Crippen molar-refractivity contribution in [3.63, 3.8) is 0 Å². The average molecular weight is 238 g/mol. The molecule has 2 rings (SSSR count). The van der Waals surface area contributed by atoms with Gasteiger partial charge in [-0.3, -0.25) is 4.79 Å². The molecular formula is C12H14O5. The number of hydrogen-bond donors (Lipinski definition) is 2. The van der Waals surface area contributed by atoms with Crippen LogP contribution in [0.3, 0.4) is 0 Å². The van der Waals surface area contributed by atoms with Crippen LogP contribution < -0.4 is 9.47 Å². The first-order chi connectivity index (χ1) is 8.08. The lowest BCUT2D eigenvalue weighted by molar-refractivity contribution is -0.144. The van der Waals surface area contributed by atoms with Gasteiger partial charge in [-0.05, 0) is 24.6 Å². The zero-order chi connectivity index (χ0) is 12.5. The van der Waals surface area contributed by atoms with E-state index in [1.165, 1.54) is 6.92 Å². The maximum Gasteiger partial charge on any atom is 0.316 e. The van der Waals surface area contributed by atoms with Crippen molar-refractivity contribution in [1.82, 2.24) is 0 Å². The molecule has 0 aliphatic carbocycles. The van der Waals surface area contributed by atoms with Crippen LogP contribution in [0.5, 0.6) is 11.5 Å². The molecule has 0 radical (unpaired) electrons. The largest absolute Gasteiger partial charge is 0.486 e. The standard InChI is InChI=1S/C12H14O5/c1-12(7-13,11(14)15)8-2-3-9-10(6-8)17-5-4-16-9/h2-3,6,13H,4-5,7H2,1H3,(H,14,15). The molecule has 1 unspecified atom stereocenters. The number of carbonyl (C=O) groups is 1. The minimum Gasteiger partial charge on any atom is -0.486 e. The second kappa shape index (κ2) is 4.25. The predicted octanol–water partition coefficient (Wildman–Crippen LogP) is 0.792. The van der Waals surface area contributed by atoms with Crippen molar-refractivity contribution >= 4 is 5.97 Å². The van der Waals surface area contributed by atoms with Crippen LogP contribution >= 0.6 is 0 Å². The van der Waals surface area contributed by atoms with E-state index in [-0.39, 0.29) is 0 Å². The van der Waals surface area contributed by atoms with Crippen LogP contribution in [0.2, 0.25) is 0 Å². The maximum absolute atomic E-state index is 11.2. The molecule has 0 aromatic heterocycles. The van der Waals surface area contributed by atoms with Crippen LogP contribution in [0, 0.1) is 0 Å². The van der Waals surface area contributed by atoms with Crippen LogP contribution in [0.4, 0.5) is 0 Å². The van der Waals surface area contributed by atoms with E-state index in [4.69, 9.17) is 14.6 Å². The first kappa shape index (κ1) is 11.7. The topological polar surface area (TPSA) is 76.0 Å². The van der Waals surface area contributed by atoms with Gasteiger partial charge in [0.05, 0.1) is 6.61 Å². The molecule has 0 amide bonds. The molecule has 0 fully saturated rings. The summed E-state index contributed by atoms with van der Waals surface area (Å²) in [5.74, 6) is 0.0528. The van der Waals surface area contributed by atoms with E-state index in [2.05, 4.69) is 0 Å². The Kier molecular flexibility index (Phi) is 2.93. The monoisotopic (exact) mass is 238 g/mol. The molecule has 1 aliphatic rings. The normalized spacial score (nSPS) is 17.3. The fourth-order valence-corrected chi connectivity index (χ4v) is 1.67. The molecule has 2 N–H and O–H groups in total. The van der Waals surface area contributed by atoms with Gasteiger partial charge in [-0.2, -0.15) is 0 Å². The molecule has 1 heterocycles. The van der Waals surface area contributed by atoms with Crippen LogP contribution in [0.15, 0.2) is 18.2 Å². The molecule has 17 heavy (non-hydrogen) atoms. The molecule has 1 atom stereocenters. The summed E-state index contributed by atoms with van der Waals surface area (Å²) in [4.78, 5) is 11.2. The molecule has 1 aromatic rings. The Morgan fingerprint density at radius 2 is 2.00 bits per heavy atom. The van der Waals surface area contributed by atoms with E-state index in [9.17, 15) is 9.90 Å². The second-order valence-electron chi connectivity index (χ2n) is 4.15. The lowest BCUT2D eigenvalue weighted by Crippen LogP contribution is -2.36. The van der Waals surface area contributed by atoms with Crippen molar-refractivity contribution in [2.45, 2.75) is 12.3 Å². The van der Waals surface area contributed by atoms with Crippen molar-refractivity contribution in [1.29, 1.82) is 0 Å². The minimum atomic E-state index is -1.32. The van der Waals surface area contributed by atoms with E-state index >= 15 is 0 Å². The van der Waals surface area contributed by atoms with Gasteiger partial charge in [-0.25, -0.2) is 0 Å². The lowest BCUT2D eigenvalue weighted by atomic mass is 9.83. The number of aliphatic carboxylic acids is 1. The number of aliphatic hydroxyl groups excluding tert-OH is 1. The SMILES string of the molecule is CC(CO)(C(=O)O)c1ccc2c(c1)OCCO2. The number of rotatable bonds is 3. The van der Waals surface area contributed by atoms with Gasteiger partial charge in [-0.15, -0.1) is 0 Å². The number of carboxylic acids is 1. The molecule has 5 nitrogen and oxygen atoms in total. The third-order valence-corrected chi connectivity index (χ3v) is 2.97. The minimum absolute atomic E-state index is 0.444. The zero-order valence-corrected chi connectivity index (χ0v) is 9.47. The molecule has 5 heteroatoms. The van der Waals surface area contributed by atoms with Gasteiger partial charge in [0.15, 0.2) is 11.5 Å². The van der Waals surface area contributed by atoms with Crippen molar-refractivity contribution in [2.75, 3.05) is 19.8 Å². The summed E-state index contributed by atoms with van der Waals surface area (Å²) in [6, 6.07) is 4.91. The Morgan fingerprint density at radius 1 is 1.35 bits per heavy atom. The predicted molar refractivity (Wildman–Crippen MR) is 59.5 cm³/mol. The van der Waals surface area contributed by atoms with Crippen molar-refractivity contribution in [2.24, 2.45) is 0 Å². The van der Waals surface area contributed by atoms with E-state index < -0.39 is 18.0 Å². The zero-order valence-electron chi connectivity index (χ0n) is 9.47. The van der Waals surface area contributed by atoms with Gasteiger partial charge >= 0.3 is 5.97 Å². The number of aliphatic hydroxyl groups is 1. The van der Waals surface area contributed by atoms with Crippen molar-refractivity contribution < 1.29 is 24.5 Å². The number of ether oxygens (including phenoxy) is 2. The van der Waals surface area contributed by atoms with Crippen molar-refractivity contribution in [3.8, 4) is 11.5 Å². The van der Waals surface area contributed by atoms with Crippen LogP contribution in [-0.4, -0.2) is 36.0 Å². The molecule has 92 valence electrons. The maximum atomic E-state index is 11.2. The Labute approximate surface area is 98.6 Å². The highest BCUT2D eigenvalue weighted by Crippen LogP contribution is 2.35. The summed E-state index contributed by atoms with van der Waals surface area (Å²) in [5, 5.41) is 18.4. The fourth-order valence-electron chi connectivity index (χ4n) is 1.67. The Hall–Kier alpha value is -1.75. The first-order valence-electron chi connectivity index (χ1n) is 5.32. The van der Waals surface area contributed by atoms with Crippen LogP contribution in [0.25, 0.3) is 0 Å². The molecule has 1 aromatic carbocycles. The Morgan fingerprint density at radius 3 is 2.59 bits per heavy atom. The van der Waals surface area contributed by atoms with Gasteiger partial charge in [0.25, 0.3) is 0 Å². The summed E-state index contributed by atoms with van der Waals surface area (Å²) in [7, 11) is 0. The highest BCUT2D eigenvalue weighted by molar-refractivity contribution is 5.81. The number of carboxylic acid groups (broad SMARTS) is 1. The molecule has 0 bridgehead atoms. The summed E-state index contributed by atoms with van der Waals surface area (Å²) in [5.41, 5.74) is -0.827. The van der Waals surface area contributed by atoms with E-state index in [1.807, 2.05) is 0 Å². The summed E-state index contributed by atoms with van der Waals surface area (Å²) < 4.78 is 10.7. The fraction of sp³-hybridized carbons (Fsp3) is 0.417. The summed E-state index contributed by atoms with van der Waals surface area (Å²) in [6.45, 7) is 1.94. The quantitative estimate of drug-likeness (QED) is 0.814. The van der Waals surface area contributed by atoms with Gasteiger partial charge < -0.3 is 19.7 Å². The van der Waals surface area contributed by atoms with E-state index in [0.29, 0.717) is 30.3 Å². The van der Waals surface area contributed by atoms with Gasteiger partial charge in [0.1, 0.15) is 18.6 Å². The summed E-state index contributed by atoms with van der Waals surface area (Å²) >= 11 is 0. The molecular weight excluding hydrogens is 224 g/mol. The van der Waals surface area contributed by atoms with Gasteiger partial charge in [0.2, 0.25) is 0 Å². The highest BCUT2D eigenvalue weighted by Gasteiger charge is 2.35. The second-order valence-corrected chi connectivity index (χ2v) is 4.15.